The monoisotopic (exact) mass is 214 g/mol. The first-order valence-electron chi connectivity index (χ1n) is 2.98. The van der Waals surface area contributed by atoms with Crippen LogP contribution in [0.1, 0.15) is 6.42 Å². The van der Waals surface area contributed by atoms with E-state index < -0.39 is 0 Å². The van der Waals surface area contributed by atoms with Gasteiger partial charge in [0.1, 0.15) is 0 Å². The van der Waals surface area contributed by atoms with Gasteiger partial charge in [-0.1, -0.05) is 0 Å². The molecule has 57 valence electrons. The molecule has 1 nitrogen and oxygen atoms in total. The number of nitrogens with zero attached hydrogens (tertiary/aromatic N) is 1. The fraction of sp³-hybridized carbons (Fsp3) is 0.500. The Kier molecular flexibility index (Phi) is 8.48. The van der Waals surface area contributed by atoms with E-state index in [1.807, 2.05) is 0 Å². The summed E-state index contributed by atoms with van der Waals surface area (Å²) in [6.07, 6.45) is 3.33. The molecule has 1 aliphatic heterocycles. The van der Waals surface area contributed by atoms with Crippen LogP contribution in [0.2, 0.25) is 0 Å². The molecule has 10 heavy (non-hydrogen) atoms. The first-order chi connectivity index (χ1) is 3.79. The predicted octanol–water partition coefficient (Wildman–Crippen LogP) is 1.53. The molecule has 0 N–H and O–H groups in total. The molecular formula is C8H15NY-2. The molecule has 0 aromatic rings. The molecule has 1 heterocycles. The average molecular weight is 214 g/mol. The number of likely N-dealkylation sites (N-methyl/N-ethyl adjacent to an activating group) is 1. The fourth-order valence-corrected chi connectivity index (χ4v) is 0.813. The van der Waals surface area contributed by atoms with E-state index in [1.54, 1.807) is 0 Å². The Balaban J connectivity index is 0. The molecule has 0 aromatic heterocycles. The Bertz CT molecular complexity index is 110. The van der Waals surface area contributed by atoms with E-state index in [4.69, 9.17) is 0 Å². The van der Waals surface area contributed by atoms with Crippen LogP contribution in [0.15, 0.2) is 11.6 Å². The van der Waals surface area contributed by atoms with Crippen LogP contribution in [0.3, 0.4) is 0 Å². The van der Waals surface area contributed by atoms with Crippen LogP contribution in [-0.4, -0.2) is 25.0 Å². The third kappa shape index (κ3) is 4.48. The molecule has 0 aromatic carbocycles. The van der Waals surface area contributed by atoms with Gasteiger partial charge in [0.05, 0.1) is 0 Å². The van der Waals surface area contributed by atoms with Gasteiger partial charge < -0.3 is 12.3 Å². The molecule has 0 spiro atoms. The van der Waals surface area contributed by atoms with E-state index in [0.717, 1.165) is 13.0 Å². The third-order valence-electron chi connectivity index (χ3n) is 1.51. The normalized spacial score (nSPS) is 18.3. The molecule has 1 aliphatic rings. The van der Waals surface area contributed by atoms with Crippen LogP contribution < -0.4 is 0 Å². The van der Waals surface area contributed by atoms with Gasteiger partial charge in [0, 0.05) is 32.7 Å². The molecule has 0 saturated heterocycles. The van der Waals surface area contributed by atoms with E-state index in [1.165, 1.54) is 12.1 Å². The molecule has 0 fully saturated rings. The Morgan fingerprint density at radius 2 is 2.20 bits per heavy atom. The number of hydrogen-bond donors (Lipinski definition) is 0. The summed E-state index contributed by atoms with van der Waals surface area (Å²) in [6, 6.07) is 0. The number of rotatable bonds is 0. The van der Waals surface area contributed by atoms with E-state index in [2.05, 4.69) is 24.9 Å². The van der Waals surface area contributed by atoms with Crippen molar-refractivity contribution in [3.05, 3.63) is 26.0 Å². The van der Waals surface area contributed by atoms with Crippen LogP contribution in [0.4, 0.5) is 0 Å². The number of hydrogen-bond acceptors (Lipinski definition) is 1. The summed E-state index contributed by atoms with van der Waals surface area (Å²) in [4.78, 5) is 2.29. The first kappa shape index (κ1) is 13.3. The van der Waals surface area contributed by atoms with Crippen molar-refractivity contribution in [1.82, 2.24) is 4.90 Å². The second-order valence-corrected chi connectivity index (χ2v) is 2.37. The van der Waals surface area contributed by atoms with Gasteiger partial charge >= 0.3 is 0 Å². The van der Waals surface area contributed by atoms with Gasteiger partial charge in [0.2, 0.25) is 0 Å². The summed E-state index contributed by atoms with van der Waals surface area (Å²) in [5.41, 5.74) is 1.29. The molecule has 0 bridgehead atoms. The van der Waals surface area contributed by atoms with Crippen LogP contribution in [0, 0.1) is 14.4 Å². The minimum Gasteiger partial charge on any atom is -0.358 e. The van der Waals surface area contributed by atoms with Crippen molar-refractivity contribution in [1.29, 1.82) is 0 Å². The van der Waals surface area contributed by atoms with Crippen LogP contribution >= 0.6 is 0 Å². The second kappa shape index (κ2) is 6.39. The molecule has 0 atom stereocenters. The third-order valence-corrected chi connectivity index (χ3v) is 1.51. The smallest absolute Gasteiger partial charge is 0 e. The van der Waals surface area contributed by atoms with Crippen molar-refractivity contribution in [2.24, 2.45) is 0 Å². The minimum atomic E-state index is 0. The van der Waals surface area contributed by atoms with Crippen LogP contribution in [-0.2, 0) is 32.7 Å². The van der Waals surface area contributed by atoms with Crippen LogP contribution in [0.25, 0.3) is 0 Å². The summed E-state index contributed by atoms with van der Waals surface area (Å²) in [6.45, 7) is 6.12. The molecular weight excluding hydrogens is 199 g/mol. The summed E-state index contributed by atoms with van der Waals surface area (Å²) >= 11 is 0. The van der Waals surface area contributed by atoms with E-state index in [9.17, 15) is 0 Å². The van der Waals surface area contributed by atoms with Gasteiger partial charge in [-0.3, -0.25) is 0 Å². The summed E-state index contributed by atoms with van der Waals surface area (Å²) in [5, 5.41) is 0. The van der Waals surface area contributed by atoms with E-state index >= 15 is 0 Å². The van der Waals surface area contributed by atoms with Crippen molar-refractivity contribution in [3.63, 3.8) is 0 Å². The second-order valence-electron chi connectivity index (χ2n) is 2.37. The Hall–Kier alpha value is 0.674. The maximum Gasteiger partial charge on any atom is 0 e. The van der Waals surface area contributed by atoms with Gasteiger partial charge in [0.15, 0.2) is 0 Å². The van der Waals surface area contributed by atoms with E-state index in [0.29, 0.717) is 0 Å². The molecule has 0 saturated carbocycles. The fourth-order valence-electron chi connectivity index (χ4n) is 0.813. The zero-order valence-electron chi connectivity index (χ0n) is 6.93. The summed E-state index contributed by atoms with van der Waals surface area (Å²) < 4.78 is 0. The quantitative estimate of drug-likeness (QED) is 0.553. The van der Waals surface area contributed by atoms with Gasteiger partial charge in [-0.2, -0.15) is 0 Å². The average Bonchev–Trinajstić information content (AvgIpc) is 1.77. The zero-order valence-corrected chi connectivity index (χ0v) is 9.77. The molecule has 1 rings (SSSR count). The van der Waals surface area contributed by atoms with Crippen LogP contribution in [0.5, 0.6) is 0 Å². The maximum absolute atomic E-state index is 3.87. The standard InChI is InChI=1S/C7H12N.CH3.Y/c1-7-3-5-8(2)6-4-7;;/h3H,1,4-6H2,2H3;1H3;/q2*-1;. The molecule has 0 unspecified atom stereocenters. The summed E-state index contributed by atoms with van der Waals surface area (Å²) in [7, 11) is 2.13. The molecule has 1 radical (unpaired) electrons. The molecule has 2 heteroatoms. The maximum atomic E-state index is 3.87. The van der Waals surface area contributed by atoms with Crippen molar-refractivity contribution in [2.45, 2.75) is 6.42 Å². The first-order valence-corrected chi connectivity index (χ1v) is 2.98. The van der Waals surface area contributed by atoms with Gasteiger partial charge in [-0.05, 0) is 26.6 Å². The van der Waals surface area contributed by atoms with Gasteiger partial charge in [-0.25, -0.2) is 18.6 Å². The zero-order chi connectivity index (χ0) is 5.98. The van der Waals surface area contributed by atoms with Crippen molar-refractivity contribution >= 4 is 0 Å². The molecule has 0 amide bonds. The largest absolute Gasteiger partial charge is 0.358 e. The Morgan fingerprint density at radius 3 is 2.50 bits per heavy atom. The Morgan fingerprint density at radius 1 is 1.60 bits per heavy atom. The minimum absolute atomic E-state index is 0. The van der Waals surface area contributed by atoms with E-state index in [-0.39, 0.29) is 40.1 Å². The van der Waals surface area contributed by atoms with Crippen molar-refractivity contribution in [3.8, 4) is 0 Å². The SMILES string of the molecule is [CH2-]C1=CCN(C)CC1.[CH3-].[Y]. The van der Waals surface area contributed by atoms with Crippen molar-refractivity contribution in [2.75, 3.05) is 20.1 Å². The van der Waals surface area contributed by atoms with Gasteiger partial charge in [0.25, 0.3) is 0 Å². The van der Waals surface area contributed by atoms with Crippen molar-refractivity contribution < 1.29 is 32.7 Å². The Labute approximate surface area is 89.7 Å². The topological polar surface area (TPSA) is 3.24 Å². The van der Waals surface area contributed by atoms with Gasteiger partial charge in [-0.15, -0.1) is 0 Å². The summed E-state index contributed by atoms with van der Waals surface area (Å²) in [5.74, 6) is 0. The molecule has 0 aliphatic carbocycles. The predicted molar refractivity (Wildman–Crippen MR) is 42.0 cm³/mol.